The number of hydrogen-bond donors (Lipinski definition) is 1. The number of anilines is 2. The van der Waals surface area contributed by atoms with Crippen LogP contribution in [-0.2, 0) is 9.53 Å². The SMILES string of the molecule is CC1(C)COCCN1c1ccc(NC(=O)C2CCC2)cc1. The van der Waals surface area contributed by atoms with Gasteiger partial charge in [0, 0.05) is 23.8 Å². The minimum absolute atomic E-state index is 0.00887. The highest BCUT2D eigenvalue weighted by atomic mass is 16.5. The number of carbonyl (C=O) groups is 1. The fourth-order valence-corrected chi connectivity index (χ4v) is 2.98. The second-order valence-electron chi connectivity index (χ2n) is 6.68. The third-order valence-electron chi connectivity index (χ3n) is 4.57. The zero-order valence-corrected chi connectivity index (χ0v) is 12.9. The first kappa shape index (κ1) is 14.4. The number of rotatable bonds is 3. The molecule has 114 valence electrons. The van der Waals surface area contributed by atoms with E-state index in [1.54, 1.807) is 0 Å². The Hall–Kier alpha value is -1.55. The van der Waals surface area contributed by atoms with Gasteiger partial charge in [0.1, 0.15) is 0 Å². The lowest BCUT2D eigenvalue weighted by Gasteiger charge is -2.43. The van der Waals surface area contributed by atoms with E-state index in [2.05, 4.69) is 36.2 Å². The number of carbonyl (C=O) groups excluding carboxylic acids is 1. The summed E-state index contributed by atoms with van der Waals surface area (Å²) in [5.74, 6) is 0.392. The number of benzene rings is 1. The lowest BCUT2D eigenvalue weighted by molar-refractivity contribution is -0.122. The van der Waals surface area contributed by atoms with E-state index in [9.17, 15) is 4.79 Å². The van der Waals surface area contributed by atoms with Crippen molar-refractivity contribution in [1.29, 1.82) is 0 Å². The van der Waals surface area contributed by atoms with Crippen LogP contribution in [0.4, 0.5) is 11.4 Å². The average Bonchev–Trinajstić information content (AvgIpc) is 2.37. The van der Waals surface area contributed by atoms with E-state index in [4.69, 9.17) is 4.74 Å². The van der Waals surface area contributed by atoms with Gasteiger partial charge < -0.3 is 15.0 Å². The maximum Gasteiger partial charge on any atom is 0.227 e. The van der Waals surface area contributed by atoms with Crippen molar-refractivity contribution in [2.75, 3.05) is 30.0 Å². The zero-order chi connectivity index (χ0) is 14.9. The van der Waals surface area contributed by atoms with Crippen LogP contribution in [0.2, 0.25) is 0 Å². The predicted octanol–water partition coefficient (Wildman–Crippen LogP) is 3.04. The Labute approximate surface area is 126 Å². The average molecular weight is 288 g/mol. The van der Waals surface area contributed by atoms with Crippen molar-refractivity contribution in [3.8, 4) is 0 Å². The Morgan fingerprint density at radius 1 is 1.29 bits per heavy atom. The molecule has 21 heavy (non-hydrogen) atoms. The normalized spacial score (nSPS) is 21.7. The molecule has 0 radical (unpaired) electrons. The van der Waals surface area contributed by atoms with Crippen LogP contribution in [0.15, 0.2) is 24.3 Å². The van der Waals surface area contributed by atoms with Gasteiger partial charge in [-0.25, -0.2) is 0 Å². The molecule has 1 amide bonds. The van der Waals surface area contributed by atoms with Crippen LogP contribution >= 0.6 is 0 Å². The molecule has 3 rings (SSSR count). The van der Waals surface area contributed by atoms with Crippen molar-refractivity contribution in [2.45, 2.75) is 38.6 Å². The second-order valence-corrected chi connectivity index (χ2v) is 6.68. The Morgan fingerprint density at radius 3 is 2.57 bits per heavy atom. The van der Waals surface area contributed by atoms with Crippen LogP contribution in [0.1, 0.15) is 33.1 Å². The van der Waals surface area contributed by atoms with E-state index in [-0.39, 0.29) is 17.4 Å². The van der Waals surface area contributed by atoms with Crippen molar-refractivity contribution in [3.63, 3.8) is 0 Å². The third-order valence-corrected chi connectivity index (χ3v) is 4.57. The summed E-state index contributed by atoms with van der Waals surface area (Å²) in [4.78, 5) is 14.3. The molecule has 0 atom stereocenters. The van der Waals surface area contributed by atoms with Gasteiger partial charge in [0.05, 0.1) is 18.8 Å². The van der Waals surface area contributed by atoms with Crippen LogP contribution < -0.4 is 10.2 Å². The minimum atomic E-state index is 0.00887. The quantitative estimate of drug-likeness (QED) is 0.929. The van der Waals surface area contributed by atoms with E-state index < -0.39 is 0 Å². The summed E-state index contributed by atoms with van der Waals surface area (Å²) < 4.78 is 5.56. The Bertz CT molecular complexity index is 506. The zero-order valence-electron chi connectivity index (χ0n) is 12.9. The van der Waals surface area contributed by atoms with Gasteiger partial charge in [0.2, 0.25) is 5.91 Å². The van der Waals surface area contributed by atoms with Gasteiger partial charge in [0.25, 0.3) is 0 Å². The summed E-state index contributed by atoms with van der Waals surface area (Å²) in [6.45, 7) is 6.80. The lowest BCUT2D eigenvalue weighted by atomic mass is 9.85. The first-order valence-corrected chi connectivity index (χ1v) is 7.83. The van der Waals surface area contributed by atoms with E-state index in [1.165, 1.54) is 12.1 Å². The number of nitrogens with zero attached hydrogens (tertiary/aromatic N) is 1. The van der Waals surface area contributed by atoms with Crippen molar-refractivity contribution in [2.24, 2.45) is 5.92 Å². The molecule has 4 heteroatoms. The van der Waals surface area contributed by atoms with Crippen molar-refractivity contribution >= 4 is 17.3 Å². The standard InChI is InChI=1S/C17H24N2O2/c1-17(2)12-21-11-10-19(17)15-8-6-14(7-9-15)18-16(20)13-4-3-5-13/h6-9,13H,3-5,10-12H2,1-2H3,(H,18,20). The van der Waals surface area contributed by atoms with Gasteiger partial charge in [0.15, 0.2) is 0 Å². The van der Waals surface area contributed by atoms with Crippen LogP contribution in [0.5, 0.6) is 0 Å². The first-order chi connectivity index (χ1) is 10.1. The van der Waals surface area contributed by atoms with Gasteiger partial charge in [-0.15, -0.1) is 0 Å². The summed E-state index contributed by atoms with van der Waals surface area (Å²) in [5, 5.41) is 3.01. The largest absolute Gasteiger partial charge is 0.377 e. The molecule has 0 aromatic heterocycles. The molecule has 1 heterocycles. The lowest BCUT2D eigenvalue weighted by Crippen LogP contribution is -2.53. The van der Waals surface area contributed by atoms with Crippen LogP contribution in [0, 0.1) is 5.92 Å². The molecule has 1 saturated carbocycles. The monoisotopic (exact) mass is 288 g/mol. The molecule has 1 aliphatic carbocycles. The molecule has 0 bridgehead atoms. The fourth-order valence-electron chi connectivity index (χ4n) is 2.98. The van der Waals surface area contributed by atoms with Crippen LogP contribution in [-0.4, -0.2) is 31.2 Å². The molecule has 1 aromatic rings. The molecule has 1 aromatic carbocycles. The fraction of sp³-hybridized carbons (Fsp3) is 0.588. The molecule has 4 nitrogen and oxygen atoms in total. The number of nitrogens with one attached hydrogen (secondary N) is 1. The summed E-state index contributed by atoms with van der Waals surface area (Å²) >= 11 is 0. The summed E-state index contributed by atoms with van der Waals surface area (Å²) in [6, 6.07) is 8.17. The first-order valence-electron chi connectivity index (χ1n) is 7.83. The molecule has 1 N–H and O–H groups in total. The maximum absolute atomic E-state index is 11.9. The highest BCUT2D eigenvalue weighted by Crippen LogP contribution is 2.30. The molecule has 0 spiro atoms. The van der Waals surface area contributed by atoms with Gasteiger partial charge in [-0.2, -0.15) is 0 Å². The summed E-state index contributed by atoms with van der Waals surface area (Å²) in [6.07, 6.45) is 3.25. The van der Waals surface area contributed by atoms with E-state index in [1.807, 2.05) is 12.1 Å². The summed E-state index contributed by atoms with van der Waals surface area (Å²) in [5.41, 5.74) is 2.08. The molecular formula is C17H24N2O2. The molecule has 0 unspecified atom stereocenters. The number of amides is 1. The molecule has 1 aliphatic heterocycles. The smallest absolute Gasteiger partial charge is 0.227 e. The van der Waals surface area contributed by atoms with Crippen molar-refractivity contribution < 1.29 is 9.53 Å². The number of morpholine rings is 1. The molecule has 1 saturated heterocycles. The number of hydrogen-bond acceptors (Lipinski definition) is 3. The van der Waals surface area contributed by atoms with E-state index in [0.29, 0.717) is 0 Å². The Morgan fingerprint density at radius 2 is 2.00 bits per heavy atom. The highest BCUT2D eigenvalue weighted by Gasteiger charge is 2.30. The van der Waals surface area contributed by atoms with Gasteiger partial charge in [-0.3, -0.25) is 4.79 Å². The van der Waals surface area contributed by atoms with Crippen molar-refractivity contribution in [3.05, 3.63) is 24.3 Å². The number of ether oxygens (including phenoxy) is 1. The van der Waals surface area contributed by atoms with E-state index in [0.717, 1.165) is 38.3 Å². The van der Waals surface area contributed by atoms with E-state index >= 15 is 0 Å². The Balaban J connectivity index is 1.67. The molecular weight excluding hydrogens is 264 g/mol. The van der Waals surface area contributed by atoms with Crippen LogP contribution in [0.3, 0.4) is 0 Å². The molecule has 2 aliphatic rings. The topological polar surface area (TPSA) is 41.6 Å². The second kappa shape index (κ2) is 5.68. The van der Waals surface area contributed by atoms with Gasteiger partial charge >= 0.3 is 0 Å². The summed E-state index contributed by atoms with van der Waals surface area (Å²) in [7, 11) is 0. The van der Waals surface area contributed by atoms with Crippen LogP contribution in [0.25, 0.3) is 0 Å². The van der Waals surface area contributed by atoms with Gasteiger partial charge in [-0.1, -0.05) is 6.42 Å². The third kappa shape index (κ3) is 3.05. The minimum Gasteiger partial charge on any atom is -0.377 e. The van der Waals surface area contributed by atoms with Crippen molar-refractivity contribution in [1.82, 2.24) is 0 Å². The Kier molecular flexibility index (Phi) is 3.89. The van der Waals surface area contributed by atoms with Gasteiger partial charge in [-0.05, 0) is 51.0 Å². The maximum atomic E-state index is 11.9. The highest BCUT2D eigenvalue weighted by molar-refractivity contribution is 5.93. The molecule has 2 fully saturated rings. The predicted molar refractivity (Wildman–Crippen MR) is 84.7 cm³/mol.